The summed E-state index contributed by atoms with van der Waals surface area (Å²) in [7, 11) is 3.25. The van der Waals surface area contributed by atoms with E-state index in [0.29, 0.717) is 12.8 Å². The van der Waals surface area contributed by atoms with Crippen LogP contribution in [0.4, 0.5) is 0 Å². The second-order valence-electron chi connectivity index (χ2n) is 2.51. The van der Waals surface area contributed by atoms with E-state index in [-0.39, 0.29) is 10.5 Å². The zero-order valence-electron chi connectivity index (χ0n) is 7.20. The van der Waals surface area contributed by atoms with E-state index in [0.717, 1.165) is 0 Å². The van der Waals surface area contributed by atoms with E-state index in [1.807, 2.05) is 26.4 Å². The lowest BCUT2D eigenvalue weighted by molar-refractivity contribution is 0.550. The maximum absolute atomic E-state index is 9.98. The monoisotopic (exact) mass is 204 g/mol. The number of hydrogen-bond donors (Lipinski definition) is 0. The summed E-state index contributed by atoms with van der Waals surface area (Å²) >= 11 is 0. The highest BCUT2D eigenvalue weighted by Gasteiger charge is 2.07. The standard InChI is InChI=1S/C8H12O2S2/c1-7(3-5-9)11-12-8(2)4-6-10/h7-8H,3-4H2,1-2H3. The SMILES string of the molecule is CC(C[C]=O)SSC(C)C[C]=O. The zero-order valence-corrected chi connectivity index (χ0v) is 8.83. The van der Waals surface area contributed by atoms with Crippen LogP contribution in [0.15, 0.2) is 0 Å². The molecule has 2 nitrogen and oxygen atoms in total. The van der Waals surface area contributed by atoms with Gasteiger partial charge in [-0.2, -0.15) is 0 Å². The first-order valence-electron chi connectivity index (χ1n) is 3.72. The average Bonchev–Trinajstić information content (AvgIpc) is 2.02. The molecule has 12 heavy (non-hydrogen) atoms. The molecule has 68 valence electrons. The van der Waals surface area contributed by atoms with Crippen LogP contribution in [0, 0.1) is 0 Å². The van der Waals surface area contributed by atoms with Gasteiger partial charge in [-0.3, -0.25) is 9.59 Å². The van der Waals surface area contributed by atoms with Gasteiger partial charge in [0.2, 0.25) is 0 Å². The molecule has 0 aliphatic carbocycles. The Balaban J connectivity index is 3.38. The van der Waals surface area contributed by atoms with Gasteiger partial charge in [0, 0.05) is 23.3 Å². The molecular weight excluding hydrogens is 192 g/mol. The Labute approximate surface area is 81.3 Å². The van der Waals surface area contributed by atoms with E-state index in [2.05, 4.69) is 0 Å². The molecule has 0 N–H and O–H groups in total. The molecule has 0 fully saturated rings. The summed E-state index contributed by atoms with van der Waals surface area (Å²) in [5.74, 6) is 0. The summed E-state index contributed by atoms with van der Waals surface area (Å²) in [5.41, 5.74) is 0. The van der Waals surface area contributed by atoms with Gasteiger partial charge in [0.1, 0.15) is 0 Å². The topological polar surface area (TPSA) is 34.1 Å². The predicted octanol–water partition coefficient (Wildman–Crippen LogP) is 2.14. The van der Waals surface area contributed by atoms with E-state index in [1.54, 1.807) is 21.6 Å². The Morgan fingerprint density at radius 2 is 1.33 bits per heavy atom. The minimum Gasteiger partial charge on any atom is -0.291 e. The third-order valence-electron chi connectivity index (χ3n) is 1.13. The molecule has 0 aromatic heterocycles. The molecule has 0 saturated carbocycles. The molecule has 2 radical (unpaired) electrons. The highest BCUT2D eigenvalue weighted by Crippen LogP contribution is 2.32. The van der Waals surface area contributed by atoms with Gasteiger partial charge < -0.3 is 0 Å². The summed E-state index contributed by atoms with van der Waals surface area (Å²) in [4.78, 5) is 20.0. The fourth-order valence-corrected chi connectivity index (χ4v) is 2.69. The van der Waals surface area contributed by atoms with Gasteiger partial charge in [-0.25, -0.2) is 0 Å². The minimum absolute atomic E-state index is 0.279. The van der Waals surface area contributed by atoms with Crippen LogP contribution in [0.5, 0.6) is 0 Å². The Morgan fingerprint density at radius 3 is 1.58 bits per heavy atom. The summed E-state index contributed by atoms with van der Waals surface area (Å²) in [5, 5.41) is 0.559. The van der Waals surface area contributed by atoms with Crippen molar-refractivity contribution in [1.82, 2.24) is 0 Å². The van der Waals surface area contributed by atoms with E-state index in [1.165, 1.54) is 0 Å². The van der Waals surface area contributed by atoms with Crippen molar-refractivity contribution in [1.29, 1.82) is 0 Å². The summed E-state index contributed by atoms with van der Waals surface area (Å²) in [6.07, 6.45) is 4.63. The van der Waals surface area contributed by atoms with Crippen molar-refractivity contribution in [2.24, 2.45) is 0 Å². The molecule has 0 aromatic carbocycles. The predicted molar refractivity (Wildman–Crippen MR) is 54.7 cm³/mol. The zero-order chi connectivity index (χ0) is 9.40. The van der Waals surface area contributed by atoms with Crippen LogP contribution in [0.3, 0.4) is 0 Å². The van der Waals surface area contributed by atoms with Gasteiger partial charge in [-0.1, -0.05) is 35.4 Å². The second kappa shape index (κ2) is 7.68. The first-order chi connectivity index (χ1) is 5.70. The maximum atomic E-state index is 9.98. The molecule has 0 bridgehead atoms. The van der Waals surface area contributed by atoms with E-state index in [4.69, 9.17) is 0 Å². The van der Waals surface area contributed by atoms with Crippen molar-refractivity contribution in [3.05, 3.63) is 0 Å². The first-order valence-corrected chi connectivity index (χ1v) is 6.00. The second-order valence-corrected chi connectivity index (χ2v) is 5.66. The fourth-order valence-electron chi connectivity index (χ4n) is 0.492. The van der Waals surface area contributed by atoms with Crippen molar-refractivity contribution in [2.75, 3.05) is 0 Å². The Morgan fingerprint density at radius 1 is 1.00 bits per heavy atom. The lowest BCUT2D eigenvalue weighted by Gasteiger charge is -2.09. The minimum atomic E-state index is 0.279. The fraction of sp³-hybridized carbons (Fsp3) is 0.750. The normalized spacial score (nSPS) is 15.2. The third-order valence-corrected chi connectivity index (χ3v) is 4.53. The molecule has 4 heteroatoms. The summed E-state index contributed by atoms with van der Waals surface area (Å²) in [6.45, 7) is 3.94. The molecule has 0 rings (SSSR count). The summed E-state index contributed by atoms with van der Waals surface area (Å²) < 4.78 is 0. The quantitative estimate of drug-likeness (QED) is 0.595. The number of hydrogen-bond acceptors (Lipinski definition) is 4. The van der Waals surface area contributed by atoms with E-state index < -0.39 is 0 Å². The molecule has 2 unspecified atom stereocenters. The van der Waals surface area contributed by atoms with E-state index in [9.17, 15) is 9.59 Å². The van der Waals surface area contributed by atoms with Crippen molar-refractivity contribution in [2.45, 2.75) is 37.2 Å². The molecule has 2 atom stereocenters. The van der Waals surface area contributed by atoms with Gasteiger partial charge in [0.15, 0.2) is 12.6 Å². The highest BCUT2D eigenvalue weighted by atomic mass is 33.1. The van der Waals surface area contributed by atoms with Crippen LogP contribution in [-0.4, -0.2) is 23.1 Å². The molecule has 0 amide bonds. The Hall–Kier alpha value is 0.0400. The van der Waals surface area contributed by atoms with Crippen molar-refractivity contribution < 1.29 is 9.59 Å². The molecule has 0 heterocycles. The molecular formula is C8H12O2S2. The Bertz CT molecular complexity index is 123. The highest BCUT2D eigenvalue weighted by molar-refractivity contribution is 8.77. The molecule has 0 aliphatic heterocycles. The molecule has 0 aliphatic rings. The lowest BCUT2D eigenvalue weighted by Crippen LogP contribution is -1.98. The molecule has 0 spiro atoms. The smallest absolute Gasteiger partial charge is 0.199 e. The van der Waals surface area contributed by atoms with Crippen molar-refractivity contribution in [3.63, 3.8) is 0 Å². The largest absolute Gasteiger partial charge is 0.291 e. The molecule has 0 saturated heterocycles. The van der Waals surface area contributed by atoms with Gasteiger partial charge in [0.25, 0.3) is 0 Å². The van der Waals surface area contributed by atoms with Gasteiger partial charge in [0.05, 0.1) is 0 Å². The van der Waals surface area contributed by atoms with E-state index >= 15 is 0 Å². The van der Waals surface area contributed by atoms with Crippen LogP contribution in [0.25, 0.3) is 0 Å². The van der Waals surface area contributed by atoms with Gasteiger partial charge in [-0.15, -0.1) is 0 Å². The summed E-state index contributed by atoms with van der Waals surface area (Å²) in [6, 6.07) is 0. The van der Waals surface area contributed by atoms with Crippen LogP contribution >= 0.6 is 21.6 Å². The Kier molecular flexibility index (Phi) is 7.70. The first kappa shape index (κ1) is 12.0. The number of carbonyl (C=O) groups excluding carboxylic acids is 2. The van der Waals surface area contributed by atoms with Crippen molar-refractivity contribution in [3.8, 4) is 0 Å². The average molecular weight is 204 g/mol. The lowest BCUT2D eigenvalue weighted by atomic mass is 10.4. The van der Waals surface area contributed by atoms with Gasteiger partial charge >= 0.3 is 0 Å². The third kappa shape index (κ3) is 6.73. The van der Waals surface area contributed by atoms with Crippen molar-refractivity contribution >= 4 is 34.2 Å². The molecule has 0 aromatic rings. The number of rotatable bonds is 7. The van der Waals surface area contributed by atoms with Crippen LogP contribution in [0.1, 0.15) is 26.7 Å². The van der Waals surface area contributed by atoms with Gasteiger partial charge in [-0.05, 0) is 0 Å². The maximum Gasteiger partial charge on any atom is 0.199 e. The van der Waals surface area contributed by atoms with Crippen LogP contribution in [-0.2, 0) is 9.59 Å². The van der Waals surface area contributed by atoms with Crippen LogP contribution in [0.2, 0.25) is 0 Å². The van der Waals surface area contributed by atoms with Crippen LogP contribution < -0.4 is 0 Å².